The second kappa shape index (κ2) is 8.68. The first-order valence-electron chi connectivity index (χ1n) is 8.46. The Hall–Kier alpha value is -3.87. The van der Waals surface area contributed by atoms with E-state index in [2.05, 4.69) is 15.8 Å². The number of amides is 2. The van der Waals surface area contributed by atoms with Crippen molar-refractivity contribution in [1.82, 2.24) is 5.43 Å². The van der Waals surface area contributed by atoms with Crippen LogP contribution in [0, 0.1) is 0 Å². The minimum absolute atomic E-state index is 0.530. The lowest BCUT2D eigenvalue weighted by molar-refractivity contribution is -0.136. The Morgan fingerprint density at radius 3 is 2.36 bits per heavy atom. The number of methoxy groups -OCH3 is 2. The Bertz CT molecular complexity index is 1050. The molecule has 0 heterocycles. The number of rotatable bonds is 5. The van der Waals surface area contributed by atoms with Gasteiger partial charge < -0.3 is 14.8 Å². The van der Waals surface area contributed by atoms with Crippen molar-refractivity contribution < 1.29 is 19.1 Å². The summed E-state index contributed by atoms with van der Waals surface area (Å²) < 4.78 is 10.4. The second-order valence-electron chi connectivity index (χ2n) is 5.83. The highest BCUT2D eigenvalue weighted by Crippen LogP contribution is 2.26. The van der Waals surface area contributed by atoms with Crippen LogP contribution in [0.5, 0.6) is 11.5 Å². The molecule has 0 aliphatic carbocycles. The maximum atomic E-state index is 12.0. The van der Waals surface area contributed by atoms with Crippen LogP contribution in [0.1, 0.15) is 5.56 Å². The van der Waals surface area contributed by atoms with Gasteiger partial charge in [-0.3, -0.25) is 9.59 Å². The minimum Gasteiger partial charge on any atom is -0.493 e. The summed E-state index contributed by atoms with van der Waals surface area (Å²) in [5.74, 6) is -0.560. The zero-order valence-electron chi connectivity index (χ0n) is 15.4. The highest BCUT2D eigenvalue weighted by atomic mass is 16.5. The summed E-state index contributed by atoms with van der Waals surface area (Å²) in [6.07, 6.45) is 1.41. The maximum Gasteiger partial charge on any atom is 0.329 e. The number of ether oxygens (including phenoxy) is 2. The summed E-state index contributed by atoms with van der Waals surface area (Å²) in [6.45, 7) is 0. The molecule has 0 aliphatic heterocycles. The van der Waals surface area contributed by atoms with Crippen molar-refractivity contribution in [2.75, 3.05) is 19.5 Å². The van der Waals surface area contributed by atoms with Gasteiger partial charge in [0.15, 0.2) is 11.5 Å². The Kier molecular flexibility index (Phi) is 5.86. The molecule has 0 bridgehead atoms. The van der Waals surface area contributed by atoms with Gasteiger partial charge in [-0.1, -0.05) is 30.3 Å². The number of carbonyl (C=O) groups is 2. The van der Waals surface area contributed by atoms with E-state index in [0.717, 1.165) is 10.8 Å². The molecule has 3 aromatic carbocycles. The van der Waals surface area contributed by atoms with Crippen LogP contribution in [0.3, 0.4) is 0 Å². The highest BCUT2D eigenvalue weighted by Gasteiger charge is 2.13. The second-order valence-corrected chi connectivity index (χ2v) is 5.83. The van der Waals surface area contributed by atoms with E-state index in [1.165, 1.54) is 13.3 Å². The van der Waals surface area contributed by atoms with Gasteiger partial charge in [0.1, 0.15) is 0 Å². The molecule has 28 heavy (non-hydrogen) atoms. The lowest BCUT2D eigenvalue weighted by Crippen LogP contribution is -2.32. The number of hydrogen-bond donors (Lipinski definition) is 2. The van der Waals surface area contributed by atoms with Crippen LogP contribution in [0.15, 0.2) is 65.8 Å². The SMILES string of the molecule is COc1ccc(C=NNC(=O)C(=O)Nc2ccc3ccccc3c2)cc1OC. The molecular weight excluding hydrogens is 358 g/mol. The van der Waals surface area contributed by atoms with Crippen molar-refractivity contribution in [1.29, 1.82) is 0 Å². The molecule has 2 N–H and O–H groups in total. The van der Waals surface area contributed by atoms with Crippen molar-refractivity contribution in [3.63, 3.8) is 0 Å². The average Bonchev–Trinajstić information content (AvgIpc) is 2.73. The smallest absolute Gasteiger partial charge is 0.329 e. The monoisotopic (exact) mass is 377 g/mol. The summed E-state index contributed by atoms with van der Waals surface area (Å²) in [7, 11) is 3.07. The highest BCUT2D eigenvalue weighted by molar-refractivity contribution is 6.39. The molecule has 0 aliphatic rings. The van der Waals surface area contributed by atoms with Crippen LogP contribution in [0.25, 0.3) is 10.8 Å². The molecule has 142 valence electrons. The van der Waals surface area contributed by atoms with Crippen molar-refractivity contribution in [3.8, 4) is 11.5 Å². The Morgan fingerprint density at radius 2 is 1.61 bits per heavy atom. The Balaban J connectivity index is 1.60. The zero-order valence-corrected chi connectivity index (χ0v) is 15.4. The van der Waals surface area contributed by atoms with Crippen molar-refractivity contribution in [3.05, 3.63) is 66.2 Å². The van der Waals surface area contributed by atoms with Gasteiger partial charge in [-0.25, -0.2) is 5.43 Å². The van der Waals surface area contributed by atoms with E-state index in [4.69, 9.17) is 9.47 Å². The van der Waals surface area contributed by atoms with E-state index in [9.17, 15) is 9.59 Å². The molecule has 0 saturated heterocycles. The summed E-state index contributed by atoms with van der Waals surface area (Å²) in [4.78, 5) is 24.0. The number of fused-ring (bicyclic) bond motifs is 1. The van der Waals surface area contributed by atoms with Crippen LogP contribution in [0.2, 0.25) is 0 Å². The molecule has 3 aromatic rings. The lowest BCUT2D eigenvalue weighted by atomic mass is 10.1. The minimum atomic E-state index is -0.870. The van der Waals surface area contributed by atoms with Gasteiger partial charge in [0.2, 0.25) is 0 Å². The summed E-state index contributed by atoms with van der Waals surface area (Å²) in [5, 5.41) is 8.37. The third-order valence-electron chi connectivity index (χ3n) is 4.00. The first-order valence-corrected chi connectivity index (χ1v) is 8.46. The van der Waals surface area contributed by atoms with Gasteiger partial charge in [0.05, 0.1) is 20.4 Å². The molecule has 7 nitrogen and oxygen atoms in total. The Morgan fingerprint density at radius 1 is 0.857 bits per heavy atom. The topological polar surface area (TPSA) is 89.0 Å². The molecule has 0 atom stereocenters. The van der Waals surface area contributed by atoms with Crippen LogP contribution >= 0.6 is 0 Å². The van der Waals surface area contributed by atoms with Gasteiger partial charge in [0.25, 0.3) is 0 Å². The van der Waals surface area contributed by atoms with E-state index in [1.54, 1.807) is 37.4 Å². The largest absolute Gasteiger partial charge is 0.493 e. The van der Waals surface area contributed by atoms with Gasteiger partial charge in [-0.15, -0.1) is 0 Å². The number of benzene rings is 3. The summed E-state index contributed by atoms with van der Waals surface area (Å²) in [5.41, 5.74) is 3.41. The third kappa shape index (κ3) is 4.45. The van der Waals surface area contributed by atoms with Crippen molar-refractivity contribution >= 4 is 34.5 Å². The van der Waals surface area contributed by atoms with E-state index in [1.807, 2.05) is 30.3 Å². The molecule has 2 amide bonds. The Labute approximate surface area is 162 Å². The number of carbonyl (C=O) groups excluding carboxylic acids is 2. The standard InChI is InChI=1S/C21H19N3O4/c1-27-18-10-7-14(11-19(18)28-2)13-22-24-21(26)20(25)23-17-9-8-15-5-3-4-6-16(15)12-17/h3-13H,1-2H3,(H,23,25)(H,24,26). The molecule has 7 heteroatoms. The quantitative estimate of drug-likeness (QED) is 0.406. The molecule has 0 fully saturated rings. The summed E-state index contributed by atoms with van der Waals surface area (Å²) in [6, 6.07) is 18.3. The normalized spacial score (nSPS) is 10.6. The van der Waals surface area contributed by atoms with E-state index < -0.39 is 11.8 Å². The van der Waals surface area contributed by atoms with Gasteiger partial charge in [-0.05, 0) is 46.7 Å². The fourth-order valence-electron chi connectivity index (χ4n) is 2.60. The number of nitrogens with zero attached hydrogens (tertiary/aromatic N) is 1. The van der Waals surface area contributed by atoms with Crippen molar-refractivity contribution in [2.45, 2.75) is 0 Å². The fourth-order valence-corrected chi connectivity index (χ4v) is 2.60. The molecule has 0 saturated carbocycles. The molecule has 0 radical (unpaired) electrons. The van der Waals surface area contributed by atoms with Crippen LogP contribution < -0.4 is 20.2 Å². The number of hydrazone groups is 1. The predicted molar refractivity (Wildman–Crippen MR) is 108 cm³/mol. The van der Waals surface area contributed by atoms with Gasteiger partial charge >= 0.3 is 11.8 Å². The zero-order chi connectivity index (χ0) is 19.9. The van der Waals surface area contributed by atoms with Gasteiger partial charge in [0, 0.05) is 5.69 Å². The lowest BCUT2D eigenvalue weighted by Gasteiger charge is -2.07. The third-order valence-corrected chi connectivity index (χ3v) is 4.00. The predicted octanol–water partition coefficient (Wildman–Crippen LogP) is 2.95. The molecule has 3 rings (SSSR count). The fraction of sp³-hybridized carbons (Fsp3) is 0.0952. The number of hydrogen-bond acceptors (Lipinski definition) is 5. The van der Waals surface area contributed by atoms with Crippen LogP contribution in [-0.2, 0) is 9.59 Å². The van der Waals surface area contributed by atoms with E-state index in [0.29, 0.717) is 22.7 Å². The van der Waals surface area contributed by atoms with E-state index in [-0.39, 0.29) is 0 Å². The van der Waals surface area contributed by atoms with Crippen LogP contribution in [-0.4, -0.2) is 32.2 Å². The molecule has 0 aromatic heterocycles. The number of nitrogens with one attached hydrogen (secondary N) is 2. The maximum absolute atomic E-state index is 12.0. The van der Waals surface area contributed by atoms with Gasteiger partial charge in [-0.2, -0.15) is 5.10 Å². The first-order chi connectivity index (χ1) is 13.6. The summed E-state index contributed by atoms with van der Waals surface area (Å²) >= 11 is 0. The molecule has 0 spiro atoms. The van der Waals surface area contributed by atoms with Crippen molar-refractivity contribution in [2.24, 2.45) is 5.10 Å². The molecular formula is C21H19N3O4. The van der Waals surface area contributed by atoms with E-state index >= 15 is 0 Å². The van der Waals surface area contributed by atoms with Crippen LogP contribution in [0.4, 0.5) is 5.69 Å². The molecule has 0 unspecified atom stereocenters. The average molecular weight is 377 g/mol. The first kappa shape index (κ1) is 18.9. The number of anilines is 1.